The normalized spacial score (nSPS) is 10.1. The third-order valence-electron chi connectivity index (χ3n) is 2.24. The molecule has 1 amide bonds. The highest BCUT2D eigenvalue weighted by atomic mass is 35.5. The van der Waals surface area contributed by atoms with E-state index in [4.69, 9.17) is 23.2 Å². The maximum Gasteiger partial charge on any atom is 0.241 e. The first-order valence-electron chi connectivity index (χ1n) is 5.28. The van der Waals surface area contributed by atoms with Gasteiger partial charge in [-0.1, -0.05) is 11.6 Å². The fourth-order valence-electron chi connectivity index (χ4n) is 1.32. The van der Waals surface area contributed by atoms with Gasteiger partial charge in [-0.15, -0.1) is 0 Å². The van der Waals surface area contributed by atoms with E-state index in [1.54, 1.807) is 4.90 Å². The van der Waals surface area contributed by atoms with Crippen molar-refractivity contribution in [2.45, 2.75) is 13.8 Å². The summed E-state index contributed by atoms with van der Waals surface area (Å²) in [6, 6.07) is 0. The quantitative estimate of drug-likeness (QED) is 0.837. The van der Waals surface area contributed by atoms with Gasteiger partial charge in [0, 0.05) is 13.1 Å². The molecule has 7 heteroatoms. The average molecular weight is 277 g/mol. The lowest BCUT2D eigenvalue weighted by atomic mass is 10.4. The summed E-state index contributed by atoms with van der Waals surface area (Å²) in [4.78, 5) is 21.0. The Labute approximate surface area is 110 Å². The van der Waals surface area contributed by atoms with E-state index in [9.17, 15) is 4.79 Å². The van der Waals surface area contributed by atoms with E-state index in [1.165, 1.54) is 6.20 Å². The van der Waals surface area contributed by atoms with Crippen molar-refractivity contribution in [1.29, 1.82) is 0 Å². The molecule has 0 bridgehead atoms. The van der Waals surface area contributed by atoms with Gasteiger partial charge in [-0.3, -0.25) is 4.79 Å². The van der Waals surface area contributed by atoms with Crippen LogP contribution in [-0.2, 0) is 4.79 Å². The Balaban J connectivity index is 2.61. The summed E-state index contributed by atoms with van der Waals surface area (Å²) in [5, 5.41) is 3.27. The summed E-state index contributed by atoms with van der Waals surface area (Å²) in [5.74, 6) is 0.355. The van der Waals surface area contributed by atoms with Crippen molar-refractivity contribution in [3.8, 4) is 0 Å². The van der Waals surface area contributed by atoms with Crippen molar-refractivity contribution < 1.29 is 4.79 Å². The molecular formula is C10H14Cl2N4O. The van der Waals surface area contributed by atoms with E-state index in [2.05, 4.69) is 15.3 Å². The van der Waals surface area contributed by atoms with Gasteiger partial charge in [-0.05, 0) is 25.4 Å². The van der Waals surface area contributed by atoms with Gasteiger partial charge in [0.25, 0.3) is 0 Å². The van der Waals surface area contributed by atoms with Gasteiger partial charge >= 0.3 is 0 Å². The van der Waals surface area contributed by atoms with Crippen LogP contribution < -0.4 is 5.32 Å². The zero-order valence-electron chi connectivity index (χ0n) is 9.70. The molecule has 1 aromatic rings. The van der Waals surface area contributed by atoms with Gasteiger partial charge in [-0.25, -0.2) is 4.98 Å². The van der Waals surface area contributed by atoms with E-state index in [0.717, 1.165) is 0 Å². The van der Waals surface area contributed by atoms with Crippen molar-refractivity contribution in [2.75, 3.05) is 25.0 Å². The zero-order valence-corrected chi connectivity index (χ0v) is 11.2. The number of rotatable bonds is 5. The number of aromatic nitrogens is 2. The van der Waals surface area contributed by atoms with Crippen molar-refractivity contribution in [2.24, 2.45) is 0 Å². The van der Waals surface area contributed by atoms with E-state index < -0.39 is 0 Å². The minimum Gasteiger partial charge on any atom is -0.360 e. The number of carbonyl (C=O) groups is 1. The Hall–Kier alpha value is -1.07. The van der Waals surface area contributed by atoms with Crippen molar-refractivity contribution in [3.05, 3.63) is 16.5 Å². The molecule has 0 spiro atoms. The number of nitrogens with zero attached hydrogens (tertiary/aromatic N) is 3. The first kappa shape index (κ1) is 14.0. The molecule has 0 aromatic carbocycles. The third-order valence-corrected chi connectivity index (χ3v) is 2.70. The summed E-state index contributed by atoms with van der Waals surface area (Å²) < 4.78 is 0. The van der Waals surface area contributed by atoms with E-state index >= 15 is 0 Å². The molecule has 1 aromatic heterocycles. The minimum absolute atomic E-state index is 0.0131. The topological polar surface area (TPSA) is 58.1 Å². The number of hydrogen-bond acceptors (Lipinski definition) is 4. The van der Waals surface area contributed by atoms with Crippen LogP contribution in [0, 0.1) is 0 Å². The summed E-state index contributed by atoms with van der Waals surface area (Å²) in [6.45, 7) is 5.34. The molecule has 0 aliphatic rings. The molecule has 5 nitrogen and oxygen atoms in total. The van der Waals surface area contributed by atoms with Crippen molar-refractivity contribution in [3.63, 3.8) is 0 Å². The number of carbonyl (C=O) groups excluding carboxylic acids is 1. The van der Waals surface area contributed by atoms with Crippen LogP contribution in [0.3, 0.4) is 0 Å². The molecular weight excluding hydrogens is 263 g/mol. The first-order chi connectivity index (χ1) is 8.08. The molecule has 1 heterocycles. The highest BCUT2D eigenvalue weighted by Crippen LogP contribution is 2.18. The largest absolute Gasteiger partial charge is 0.360 e. The molecule has 0 aliphatic heterocycles. The van der Waals surface area contributed by atoms with Gasteiger partial charge in [0.1, 0.15) is 10.8 Å². The Morgan fingerprint density at radius 2 is 2.06 bits per heavy atom. The Morgan fingerprint density at radius 3 is 2.65 bits per heavy atom. The van der Waals surface area contributed by atoms with Gasteiger partial charge < -0.3 is 10.2 Å². The fourth-order valence-corrected chi connectivity index (χ4v) is 1.61. The van der Waals surface area contributed by atoms with E-state index in [1.807, 2.05) is 13.8 Å². The standard InChI is InChI=1S/C10H14Cl2N4O/c1-3-16(4-2)8(17)6-13-9-7(11)5-14-10(12)15-9/h5H,3-4,6H2,1-2H3,(H,13,14,15). The van der Waals surface area contributed by atoms with Crippen LogP contribution in [0.25, 0.3) is 0 Å². The summed E-state index contributed by atoms with van der Waals surface area (Å²) in [7, 11) is 0. The molecule has 0 saturated heterocycles. The minimum atomic E-state index is -0.0131. The number of anilines is 1. The number of hydrogen-bond donors (Lipinski definition) is 1. The van der Waals surface area contributed by atoms with Crippen molar-refractivity contribution >= 4 is 34.9 Å². The molecule has 94 valence electrons. The summed E-state index contributed by atoms with van der Waals surface area (Å²) >= 11 is 11.5. The highest BCUT2D eigenvalue weighted by Gasteiger charge is 2.11. The number of halogens is 2. The van der Waals surface area contributed by atoms with Crippen LogP contribution in [0.15, 0.2) is 6.20 Å². The van der Waals surface area contributed by atoms with E-state index in [0.29, 0.717) is 23.9 Å². The highest BCUT2D eigenvalue weighted by molar-refractivity contribution is 6.33. The van der Waals surface area contributed by atoms with Gasteiger partial charge in [0.05, 0.1) is 12.7 Å². The maximum atomic E-state index is 11.7. The van der Waals surface area contributed by atoms with Gasteiger partial charge in [0.15, 0.2) is 0 Å². The maximum absolute atomic E-state index is 11.7. The predicted octanol–water partition coefficient (Wildman–Crippen LogP) is 2.06. The molecule has 0 aliphatic carbocycles. The molecule has 0 saturated carbocycles. The van der Waals surface area contributed by atoms with Crippen molar-refractivity contribution in [1.82, 2.24) is 14.9 Å². The lowest BCUT2D eigenvalue weighted by molar-refractivity contribution is -0.128. The lowest BCUT2D eigenvalue weighted by Crippen LogP contribution is -2.35. The SMILES string of the molecule is CCN(CC)C(=O)CNc1nc(Cl)ncc1Cl. The lowest BCUT2D eigenvalue weighted by Gasteiger charge is -2.19. The molecule has 1 rings (SSSR count). The molecule has 1 N–H and O–H groups in total. The number of amides is 1. The summed E-state index contributed by atoms with van der Waals surface area (Å²) in [6.07, 6.45) is 1.39. The first-order valence-corrected chi connectivity index (χ1v) is 6.03. The van der Waals surface area contributed by atoms with Crippen LogP contribution >= 0.6 is 23.2 Å². The Morgan fingerprint density at radius 1 is 1.41 bits per heavy atom. The fraction of sp³-hybridized carbons (Fsp3) is 0.500. The molecule has 0 radical (unpaired) electrons. The second-order valence-corrected chi connectivity index (χ2v) is 4.00. The average Bonchev–Trinajstić information content (AvgIpc) is 2.32. The second kappa shape index (κ2) is 6.61. The zero-order chi connectivity index (χ0) is 12.8. The molecule has 0 atom stereocenters. The third kappa shape index (κ3) is 4.02. The predicted molar refractivity (Wildman–Crippen MR) is 68.5 cm³/mol. The van der Waals surface area contributed by atoms with Crippen LogP contribution in [0.1, 0.15) is 13.8 Å². The molecule has 17 heavy (non-hydrogen) atoms. The number of likely N-dealkylation sites (N-methyl/N-ethyl adjacent to an activating group) is 1. The van der Waals surface area contributed by atoms with Crippen LogP contribution in [0.2, 0.25) is 10.3 Å². The Kier molecular flexibility index (Phi) is 5.44. The number of nitrogens with one attached hydrogen (secondary N) is 1. The smallest absolute Gasteiger partial charge is 0.241 e. The molecule has 0 fully saturated rings. The molecule has 0 unspecified atom stereocenters. The second-order valence-electron chi connectivity index (χ2n) is 3.26. The van der Waals surface area contributed by atoms with Crippen LogP contribution in [-0.4, -0.2) is 40.4 Å². The van der Waals surface area contributed by atoms with E-state index in [-0.39, 0.29) is 17.7 Å². The van der Waals surface area contributed by atoms with Crippen LogP contribution in [0.4, 0.5) is 5.82 Å². The van der Waals surface area contributed by atoms with Gasteiger partial charge in [-0.2, -0.15) is 4.98 Å². The Bertz CT molecular complexity index is 396. The van der Waals surface area contributed by atoms with Gasteiger partial charge in [0.2, 0.25) is 11.2 Å². The summed E-state index contributed by atoms with van der Waals surface area (Å²) in [5.41, 5.74) is 0. The monoisotopic (exact) mass is 276 g/mol. The van der Waals surface area contributed by atoms with Crippen LogP contribution in [0.5, 0.6) is 0 Å².